The molecule has 3 heterocycles. The summed E-state index contributed by atoms with van der Waals surface area (Å²) in [5.41, 5.74) is 6.42. The highest BCUT2D eigenvalue weighted by Crippen LogP contribution is 2.20. The lowest BCUT2D eigenvalue weighted by molar-refractivity contribution is 0.608. The van der Waals surface area contributed by atoms with Crippen molar-refractivity contribution in [2.24, 2.45) is 5.73 Å². The average molecular weight is 288 g/mol. The van der Waals surface area contributed by atoms with Gasteiger partial charge in [0.1, 0.15) is 11.6 Å². The third kappa shape index (κ3) is 2.92. The van der Waals surface area contributed by atoms with Crippen molar-refractivity contribution in [1.82, 2.24) is 15.0 Å². The van der Waals surface area contributed by atoms with E-state index in [2.05, 4.69) is 24.8 Å². The quantitative estimate of drug-likeness (QED) is 0.900. The van der Waals surface area contributed by atoms with Gasteiger partial charge in [-0.15, -0.1) is 0 Å². The van der Waals surface area contributed by atoms with E-state index in [1.165, 1.54) is 12.3 Å². The number of pyridine rings is 1. The van der Waals surface area contributed by atoms with E-state index in [-0.39, 0.29) is 12.4 Å². The van der Waals surface area contributed by atoms with E-state index in [9.17, 15) is 4.39 Å². The summed E-state index contributed by atoms with van der Waals surface area (Å²) in [6.45, 7) is 3.44. The van der Waals surface area contributed by atoms with Gasteiger partial charge in [0.2, 0.25) is 5.95 Å². The molecule has 0 amide bonds. The van der Waals surface area contributed by atoms with E-state index in [1.807, 2.05) is 0 Å². The maximum atomic E-state index is 13.2. The molecule has 3 rings (SSSR count). The number of hydrogen-bond donors (Lipinski definition) is 1. The van der Waals surface area contributed by atoms with Crippen molar-refractivity contribution in [3.63, 3.8) is 0 Å². The fraction of sp³-hybridized carbons (Fsp3) is 0.357. The SMILES string of the molecule is NCc1cc(F)cnc1N1CCN(c2ncccn2)CC1. The highest BCUT2D eigenvalue weighted by molar-refractivity contribution is 5.48. The normalized spacial score (nSPS) is 15.3. The number of nitrogens with two attached hydrogens (primary N) is 1. The van der Waals surface area contributed by atoms with Crippen molar-refractivity contribution < 1.29 is 4.39 Å². The third-order valence-electron chi connectivity index (χ3n) is 3.54. The fourth-order valence-electron chi connectivity index (χ4n) is 2.48. The number of rotatable bonds is 3. The standard InChI is InChI=1S/C14H17FN6/c15-12-8-11(9-16)13(19-10-12)20-4-6-21(7-5-20)14-17-2-1-3-18-14/h1-3,8,10H,4-7,9,16H2. The highest BCUT2D eigenvalue weighted by atomic mass is 19.1. The summed E-state index contributed by atoms with van der Waals surface area (Å²) >= 11 is 0. The van der Waals surface area contributed by atoms with Crippen LogP contribution >= 0.6 is 0 Å². The van der Waals surface area contributed by atoms with Crippen LogP contribution in [0.25, 0.3) is 0 Å². The smallest absolute Gasteiger partial charge is 0.225 e. The Bertz CT molecular complexity index is 598. The topological polar surface area (TPSA) is 71.2 Å². The van der Waals surface area contributed by atoms with Crippen molar-refractivity contribution in [2.45, 2.75) is 6.54 Å². The molecule has 110 valence electrons. The van der Waals surface area contributed by atoms with Crippen LogP contribution in [0, 0.1) is 5.82 Å². The number of aromatic nitrogens is 3. The molecule has 2 aromatic rings. The van der Waals surface area contributed by atoms with Crippen LogP contribution in [0.5, 0.6) is 0 Å². The van der Waals surface area contributed by atoms with E-state index in [4.69, 9.17) is 5.73 Å². The van der Waals surface area contributed by atoms with Crippen LogP contribution in [-0.2, 0) is 6.54 Å². The number of halogens is 1. The van der Waals surface area contributed by atoms with Crippen LogP contribution in [0.1, 0.15) is 5.56 Å². The van der Waals surface area contributed by atoms with E-state index in [0.717, 1.165) is 43.5 Å². The van der Waals surface area contributed by atoms with E-state index >= 15 is 0 Å². The van der Waals surface area contributed by atoms with Gasteiger partial charge in [0.15, 0.2) is 0 Å². The Balaban J connectivity index is 1.71. The monoisotopic (exact) mass is 288 g/mol. The predicted octanol–water partition coefficient (Wildman–Crippen LogP) is 0.796. The highest BCUT2D eigenvalue weighted by Gasteiger charge is 2.21. The molecule has 2 N–H and O–H groups in total. The van der Waals surface area contributed by atoms with Gasteiger partial charge in [-0.25, -0.2) is 19.3 Å². The Morgan fingerprint density at radius 3 is 2.38 bits per heavy atom. The molecule has 0 atom stereocenters. The molecule has 1 aliphatic heterocycles. The number of hydrogen-bond acceptors (Lipinski definition) is 6. The van der Waals surface area contributed by atoms with Gasteiger partial charge >= 0.3 is 0 Å². The predicted molar refractivity (Wildman–Crippen MR) is 78.5 cm³/mol. The van der Waals surface area contributed by atoms with Crippen molar-refractivity contribution >= 4 is 11.8 Å². The molecular weight excluding hydrogens is 271 g/mol. The molecule has 1 aliphatic rings. The van der Waals surface area contributed by atoms with Gasteiger partial charge in [-0.3, -0.25) is 0 Å². The number of piperazine rings is 1. The minimum Gasteiger partial charge on any atom is -0.353 e. The summed E-state index contributed by atoms with van der Waals surface area (Å²) < 4.78 is 13.2. The summed E-state index contributed by atoms with van der Waals surface area (Å²) in [5, 5.41) is 0. The largest absolute Gasteiger partial charge is 0.353 e. The van der Waals surface area contributed by atoms with Crippen LogP contribution in [0.2, 0.25) is 0 Å². The van der Waals surface area contributed by atoms with Gasteiger partial charge in [-0.2, -0.15) is 0 Å². The van der Waals surface area contributed by atoms with E-state index in [0.29, 0.717) is 0 Å². The summed E-state index contributed by atoms with van der Waals surface area (Å²) in [4.78, 5) is 17.0. The van der Waals surface area contributed by atoms with Crippen LogP contribution < -0.4 is 15.5 Å². The molecule has 1 saturated heterocycles. The fourth-order valence-corrected chi connectivity index (χ4v) is 2.48. The van der Waals surface area contributed by atoms with Gasteiger partial charge in [0.05, 0.1) is 6.20 Å². The van der Waals surface area contributed by atoms with Gasteiger partial charge in [-0.1, -0.05) is 0 Å². The lowest BCUT2D eigenvalue weighted by atomic mass is 10.2. The first-order valence-corrected chi connectivity index (χ1v) is 6.89. The van der Waals surface area contributed by atoms with Crippen LogP contribution in [0.3, 0.4) is 0 Å². The Morgan fingerprint density at radius 2 is 1.71 bits per heavy atom. The van der Waals surface area contributed by atoms with Crippen LogP contribution in [0.4, 0.5) is 16.2 Å². The van der Waals surface area contributed by atoms with Gasteiger partial charge in [0, 0.05) is 50.7 Å². The maximum Gasteiger partial charge on any atom is 0.225 e. The molecule has 0 aromatic carbocycles. The zero-order chi connectivity index (χ0) is 14.7. The van der Waals surface area contributed by atoms with Crippen molar-refractivity contribution in [1.29, 1.82) is 0 Å². The molecule has 6 nitrogen and oxygen atoms in total. The van der Waals surface area contributed by atoms with E-state index in [1.54, 1.807) is 18.5 Å². The Labute approximate surface area is 122 Å². The molecule has 0 spiro atoms. The molecule has 7 heteroatoms. The molecule has 21 heavy (non-hydrogen) atoms. The number of anilines is 2. The summed E-state index contributed by atoms with van der Waals surface area (Å²) in [6, 6.07) is 3.25. The van der Waals surface area contributed by atoms with Gasteiger partial charge in [-0.05, 0) is 12.1 Å². The van der Waals surface area contributed by atoms with Crippen LogP contribution in [0.15, 0.2) is 30.7 Å². The maximum absolute atomic E-state index is 13.2. The molecule has 0 saturated carbocycles. The number of nitrogens with zero attached hydrogens (tertiary/aromatic N) is 5. The molecule has 0 unspecified atom stereocenters. The second kappa shape index (κ2) is 6.01. The average Bonchev–Trinajstić information content (AvgIpc) is 2.56. The summed E-state index contributed by atoms with van der Waals surface area (Å²) in [7, 11) is 0. The molecule has 2 aromatic heterocycles. The van der Waals surface area contributed by atoms with E-state index < -0.39 is 0 Å². The molecule has 1 fully saturated rings. The van der Waals surface area contributed by atoms with Crippen LogP contribution in [-0.4, -0.2) is 41.1 Å². The first-order chi connectivity index (χ1) is 10.3. The first kappa shape index (κ1) is 13.7. The Kier molecular flexibility index (Phi) is 3.92. The van der Waals surface area contributed by atoms with Gasteiger partial charge in [0.25, 0.3) is 0 Å². The molecule has 0 radical (unpaired) electrons. The first-order valence-electron chi connectivity index (χ1n) is 6.89. The molecule has 0 aliphatic carbocycles. The van der Waals surface area contributed by atoms with Gasteiger partial charge < -0.3 is 15.5 Å². The van der Waals surface area contributed by atoms with Crippen molar-refractivity contribution in [3.8, 4) is 0 Å². The minimum atomic E-state index is -0.351. The lowest BCUT2D eigenvalue weighted by Crippen LogP contribution is -2.47. The Hall–Kier alpha value is -2.28. The Morgan fingerprint density at radius 1 is 1.05 bits per heavy atom. The second-order valence-corrected chi connectivity index (χ2v) is 4.86. The summed E-state index contributed by atoms with van der Waals surface area (Å²) in [5.74, 6) is 1.16. The minimum absolute atomic E-state index is 0.280. The van der Waals surface area contributed by atoms with Crippen molar-refractivity contribution in [3.05, 3.63) is 42.1 Å². The van der Waals surface area contributed by atoms with Crippen molar-refractivity contribution in [2.75, 3.05) is 36.0 Å². The molecule has 0 bridgehead atoms. The zero-order valence-electron chi connectivity index (χ0n) is 11.6. The lowest BCUT2D eigenvalue weighted by Gasteiger charge is -2.36. The third-order valence-corrected chi connectivity index (χ3v) is 3.54. The molecular formula is C14H17FN6. The summed E-state index contributed by atoms with van der Waals surface area (Å²) in [6.07, 6.45) is 4.71. The zero-order valence-corrected chi connectivity index (χ0v) is 11.6. The second-order valence-electron chi connectivity index (χ2n) is 4.86.